The van der Waals surface area contributed by atoms with Gasteiger partial charge in [0.25, 0.3) is 0 Å². The third-order valence-electron chi connectivity index (χ3n) is 12.7. The Bertz CT molecular complexity index is 3740. The van der Waals surface area contributed by atoms with E-state index in [-0.39, 0.29) is 5.92 Å². The number of fused-ring (bicyclic) bond motifs is 8. The number of nitriles is 1. The van der Waals surface area contributed by atoms with Gasteiger partial charge in [0.05, 0.1) is 28.7 Å². The number of hydrogen-bond acceptors (Lipinski definition) is 6. The molecule has 0 spiro atoms. The highest BCUT2D eigenvalue weighted by Crippen LogP contribution is 2.47. The van der Waals surface area contributed by atoms with Crippen LogP contribution in [0, 0.1) is 11.3 Å². The minimum atomic E-state index is -0.0870. The second kappa shape index (κ2) is 15.5. The van der Waals surface area contributed by atoms with E-state index in [1.54, 1.807) is 0 Å². The number of aliphatic hydroxyl groups excluding tert-OH is 1. The van der Waals surface area contributed by atoms with Gasteiger partial charge < -0.3 is 24.2 Å². The molecule has 2 heterocycles. The standard InChI is InChI=1S/C59H39N3O3/c60-36-37-27-29-42(30-28-37)62(53-26-12-25-50-49-24-11-23-46(58(49)65-59(50)53)39-15-5-2-6-16-39)43-31-32-51-54(34-43)64-55-35-52(47-19-7-8-20-48(47)56(51)55)61-41-18-9-17-40(33-41)45-22-10-21-44(57(45)63)38-13-3-1-4-14-38/h1-20,22-35,44,61,63H,21H2. The SMILES string of the molecule is N#Cc1ccc(N(c2ccc3c(c2)oc2cc(Nc4cccc(C5=C(O)C(c6ccccc6)CC=C5)c4)c4ccccc4c23)c2cccc3c2oc2c(-c4ccccc4)cccc23)cc1. The van der Waals surface area contributed by atoms with Crippen molar-refractivity contribution >= 4 is 88.7 Å². The van der Waals surface area contributed by atoms with Gasteiger partial charge in [-0.3, -0.25) is 0 Å². The molecule has 12 rings (SSSR count). The topological polar surface area (TPSA) is 85.6 Å². The molecule has 6 nitrogen and oxygen atoms in total. The number of furan rings is 2. The van der Waals surface area contributed by atoms with Crippen LogP contribution in [-0.4, -0.2) is 5.11 Å². The average Bonchev–Trinajstić information content (AvgIpc) is 3.94. The molecule has 308 valence electrons. The maximum Gasteiger partial charge on any atom is 0.159 e. The first-order valence-corrected chi connectivity index (χ1v) is 21.8. The molecular formula is C59H39N3O3. The summed E-state index contributed by atoms with van der Waals surface area (Å²) in [7, 11) is 0. The second-order valence-corrected chi connectivity index (χ2v) is 16.5. The Morgan fingerprint density at radius 3 is 2.08 bits per heavy atom. The van der Waals surface area contributed by atoms with E-state index in [1.807, 2.05) is 78.9 Å². The smallest absolute Gasteiger partial charge is 0.159 e. The fourth-order valence-corrected chi connectivity index (χ4v) is 9.66. The van der Waals surface area contributed by atoms with Crippen molar-refractivity contribution < 1.29 is 13.9 Å². The molecule has 11 aromatic rings. The number of nitrogens with one attached hydrogen (secondary N) is 1. The van der Waals surface area contributed by atoms with Gasteiger partial charge in [-0.05, 0) is 83.1 Å². The first-order valence-electron chi connectivity index (χ1n) is 21.8. The summed E-state index contributed by atoms with van der Waals surface area (Å²) < 4.78 is 13.8. The summed E-state index contributed by atoms with van der Waals surface area (Å²) in [6.45, 7) is 0. The van der Waals surface area contributed by atoms with E-state index < -0.39 is 0 Å². The Morgan fingerprint density at radius 2 is 1.26 bits per heavy atom. The van der Waals surface area contributed by atoms with Gasteiger partial charge in [-0.1, -0.05) is 140 Å². The zero-order valence-corrected chi connectivity index (χ0v) is 35.1. The lowest BCUT2D eigenvalue weighted by Crippen LogP contribution is -2.10. The Morgan fingerprint density at radius 1 is 0.569 bits per heavy atom. The quantitative estimate of drug-likeness (QED) is 0.159. The van der Waals surface area contributed by atoms with E-state index in [0.717, 1.165) is 117 Å². The van der Waals surface area contributed by atoms with Gasteiger partial charge in [0.15, 0.2) is 5.58 Å². The largest absolute Gasteiger partial charge is 0.511 e. The van der Waals surface area contributed by atoms with Crippen molar-refractivity contribution in [1.29, 1.82) is 5.26 Å². The molecule has 65 heavy (non-hydrogen) atoms. The summed E-state index contributed by atoms with van der Waals surface area (Å²) in [6.07, 6.45) is 4.92. The van der Waals surface area contributed by atoms with E-state index in [1.165, 1.54) is 0 Å². The van der Waals surface area contributed by atoms with Gasteiger partial charge in [-0.2, -0.15) is 5.26 Å². The number of rotatable bonds is 8. The van der Waals surface area contributed by atoms with E-state index in [0.29, 0.717) is 11.3 Å². The molecule has 9 aromatic carbocycles. The third-order valence-corrected chi connectivity index (χ3v) is 12.7. The highest BCUT2D eigenvalue weighted by atomic mass is 16.3. The first kappa shape index (κ1) is 37.9. The Hall–Kier alpha value is -8.79. The summed E-state index contributed by atoms with van der Waals surface area (Å²) >= 11 is 0. The zero-order valence-electron chi connectivity index (χ0n) is 35.1. The molecule has 1 aliphatic rings. The van der Waals surface area contributed by atoms with E-state index >= 15 is 0 Å². The zero-order chi connectivity index (χ0) is 43.4. The predicted molar refractivity (Wildman–Crippen MR) is 266 cm³/mol. The summed E-state index contributed by atoms with van der Waals surface area (Å²) in [4.78, 5) is 2.18. The molecule has 0 bridgehead atoms. The van der Waals surface area contributed by atoms with Crippen molar-refractivity contribution in [2.45, 2.75) is 12.3 Å². The molecule has 0 aliphatic heterocycles. The van der Waals surface area contributed by atoms with Gasteiger partial charge in [-0.15, -0.1) is 0 Å². The lowest BCUT2D eigenvalue weighted by atomic mass is 9.85. The van der Waals surface area contributed by atoms with Gasteiger partial charge >= 0.3 is 0 Å². The van der Waals surface area contributed by atoms with Gasteiger partial charge in [0.1, 0.15) is 22.5 Å². The summed E-state index contributed by atoms with van der Waals surface area (Å²) in [6, 6.07) is 68.1. The number of allylic oxidation sites excluding steroid dienone is 4. The average molecular weight is 838 g/mol. The molecule has 2 aromatic heterocycles. The number of benzene rings is 9. The molecule has 0 amide bonds. The maximum absolute atomic E-state index is 11.6. The van der Waals surface area contributed by atoms with Crippen LogP contribution in [0.3, 0.4) is 0 Å². The predicted octanol–water partition coefficient (Wildman–Crippen LogP) is 16.4. The van der Waals surface area contributed by atoms with Crippen molar-refractivity contribution in [3.05, 3.63) is 229 Å². The summed E-state index contributed by atoms with van der Waals surface area (Å²) in [5, 5.41) is 31.2. The number of aliphatic hydroxyl groups is 1. The fourth-order valence-electron chi connectivity index (χ4n) is 9.66. The van der Waals surface area contributed by atoms with Crippen molar-refractivity contribution in [2.75, 3.05) is 10.2 Å². The van der Waals surface area contributed by atoms with Crippen LogP contribution in [0.15, 0.2) is 221 Å². The minimum absolute atomic E-state index is 0.0870. The van der Waals surface area contributed by atoms with Crippen LogP contribution in [0.1, 0.15) is 29.0 Å². The van der Waals surface area contributed by atoms with Crippen LogP contribution in [0.2, 0.25) is 0 Å². The highest BCUT2D eigenvalue weighted by Gasteiger charge is 2.24. The van der Waals surface area contributed by atoms with Crippen molar-refractivity contribution in [2.24, 2.45) is 0 Å². The van der Waals surface area contributed by atoms with E-state index in [4.69, 9.17) is 8.83 Å². The van der Waals surface area contributed by atoms with Crippen molar-refractivity contribution in [3.63, 3.8) is 0 Å². The van der Waals surface area contributed by atoms with Crippen LogP contribution in [0.25, 0.3) is 71.3 Å². The lowest BCUT2D eigenvalue weighted by molar-refractivity contribution is 0.369. The molecule has 1 atom stereocenters. The number of hydrogen-bond donors (Lipinski definition) is 2. The lowest BCUT2D eigenvalue weighted by Gasteiger charge is -2.25. The summed E-state index contributed by atoms with van der Waals surface area (Å²) in [5.74, 6) is 0.296. The second-order valence-electron chi connectivity index (χ2n) is 16.5. The van der Waals surface area contributed by atoms with Crippen LogP contribution in [0.4, 0.5) is 28.4 Å². The molecule has 0 saturated heterocycles. The number of para-hydroxylation sites is 2. The molecule has 1 aliphatic carbocycles. The van der Waals surface area contributed by atoms with E-state index in [2.05, 4.69) is 144 Å². The van der Waals surface area contributed by atoms with E-state index in [9.17, 15) is 10.4 Å². The van der Waals surface area contributed by atoms with Crippen LogP contribution in [-0.2, 0) is 0 Å². The summed E-state index contributed by atoms with van der Waals surface area (Å²) in [5.41, 5.74) is 13.1. The van der Waals surface area contributed by atoms with Crippen LogP contribution in [0.5, 0.6) is 0 Å². The normalized spacial score (nSPS) is 13.9. The Labute approximate surface area is 374 Å². The minimum Gasteiger partial charge on any atom is -0.511 e. The van der Waals surface area contributed by atoms with Crippen molar-refractivity contribution in [3.8, 4) is 17.2 Å². The molecule has 0 saturated carbocycles. The Balaban J connectivity index is 0.969. The van der Waals surface area contributed by atoms with Gasteiger partial charge in [0.2, 0.25) is 0 Å². The fraction of sp³-hybridized carbons (Fsp3) is 0.0339. The van der Waals surface area contributed by atoms with Crippen LogP contribution >= 0.6 is 0 Å². The molecule has 1 unspecified atom stereocenters. The van der Waals surface area contributed by atoms with Crippen LogP contribution < -0.4 is 10.2 Å². The monoisotopic (exact) mass is 837 g/mol. The maximum atomic E-state index is 11.6. The molecule has 6 heteroatoms. The molecule has 0 fully saturated rings. The molecular weight excluding hydrogens is 799 g/mol. The number of nitrogens with zero attached hydrogens (tertiary/aromatic N) is 2. The van der Waals surface area contributed by atoms with Gasteiger partial charge in [0, 0.05) is 67.5 Å². The first-order chi connectivity index (χ1) is 32.1. The molecule has 0 radical (unpaired) electrons. The highest BCUT2D eigenvalue weighted by molar-refractivity contribution is 6.22. The third kappa shape index (κ3) is 6.49. The van der Waals surface area contributed by atoms with Gasteiger partial charge in [-0.25, -0.2) is 0 Å². The van der Waals surface area contributed by atoms with Crippen molar-refractivity contribution in [1.82, 2.24) is 0 Å². The Kier molecular flexibility index (Phi) is 9.06. The molecule has 2 N–H and O–H groups in total. The number of anilines is 5.